The van der Waals surface area contributed by atoms with Crippen LogP contribution in [0.5, 0.6) is 0 Å². The molecule has 0 atom stereocenters. The number of rotatable bonds is 0. The molecule has 2 rings (SSSR count). The maximum absolute atomic E-state index is 5.47. The lowest BCUT2D eigenvalue weighted by Gasteiger charge is -1.88. The molecule has 0 fully saturated rings. The molecule has 2 heterocycles. The molecule has 0 aliphatic rings. The summed E-state index contributed by atoms with van der Waals surface area (Å²) in [6.07, 6.45) is 2.94. The van der Waals surface area contributed by atoms with Crippen molar-refractivity contribution >= 4 is 29.6 Å². The van der Waals surface area contributed by atoms with Crippen molar-refractivity contribution in [3.05, 3.63) is 12.7 Å². The highest BCUT2D eigenvalue weighted by Gasteiger charge is 1.99. The van der Waals surface area contributed by atoms with Gasteiger partial charge in [-0.3, -0.25) is 0 Å². The number of aromatic amines is 1. The van der Waals surface area contributed by atoms with Gasteiger partial charge in [-0.1, -0.05) is 6.92 Å². The van der Waals surface area contributed by atoms with Gasteiger partial charge in [-0.05, 0) is 5.75 Å². The molecule has 0 aromatic carbocycles. The number of hydrogen-bond acceptors (Lipinski definition) is 5. The van der Waals surface area contributed by atoms with E-state index in [-0.39, 0.29) is 0 Å². The second-order valence-corrected chi connectivity index (χ2v) is 2.81. The maximum atomic E-state index is 5.47. The molecule has 0 saturated carbocycles. The van der Waals surface area contributed by atoms with Crippen LogP contribution in [0.25, 0.3) is 11.2 Å². The van der Waals surface area contributed by atoms with E-state index < -0.39 is 0 Å². The van der Waals surface area contributed by atoms with Crippen LogP contribution >= 0.6 is 12.6 Å². The summed E-state index contributed by atoms with van der Waals surface area (Å²) in [5.41, 5.74) is 6.77. The molecule has 13 heavy (non-hydrogen) atoms. The first-order valence-corrected chi connectivity index (χ1v) is 4.43. The SMILES string of the molecule is CCS.Nc1ncnc2[nH]cnc12. The first-order valence-electron chi connectivity index (χ1n) is 3.80. The van der Waals surface area contributed by atoms with Gasteiger partial charge in [0.05, 0.1) is 6.33 Å². The van der Waals surface area contributed by atoms with Crippen LogP contribution < -0.4 is 5.73 Å². The van der Waals surface area contributed by atoms with Gasteiger partial charge >= 0.3 is 0 Å². The van der Waals surface area contributed by atoms with E-state index >= 15 is 0 Å². The third kappa shape index (κ3) is 2.32. The van der Waals surface area contributed by atoms with Crippen molar-refractivity contribution in [2.24, 2.45) is 0 Å². The van der Waals surface area contributed by atoms with E-state index in [0.29, 0.717) is 17.0 Å². The van der Waals surface area contributed by atoms with E-state index in [2.05, 4.69) is 32.6 Å². The molecular weight excluding hydrogens is 186 g/mol. The number of aromatic nitrogens is 4. The van der Waals surface area contributed by atoms with E-state index in [4.69, 9.17) is 5.73 Å². The number of nitrogen functional groups attached to an aromatic ring is 1. The molecule has 0 amide bonds. The predicted molar refractivity (Wildman–Crippen MR) is 55.6 cm³/mol. The average molecular weight is 197 g/mol. The Bertz CT molecular complexity index is 372. The fraction of sp³-hybridized carbons (Fsp3) is 0.286. The Morgan fingerprint density at radius 2 is 2.15 bits per heavy atom. The van der Waals surface area contributed by atoms with Gasteiger partial charge in [0, 0.05) is 0 Å². The standard InChI is InChI=1S/C5H5N5.C2H6S/c6-4-3-5(9-1-7-3)10-2-8-4;1-2-3/h1-2H,(H3,6,7,8,9,10);3H,2H2,1H3. The highest BCUT2D eigenvalue weighted by Crippen LogP contribution is 2.09. The van der Waals surface area contributed by atoms with E-state index in [9.17, 15) is 0 Å². The second-order valence-electron chi connectivity index (χ2n) is 2.17. The zero-order valence-electron chi connectivity index (χ0n) is 7.23. The minimum absolute atomic E-state index is 0.409. The van der Waals surface area contributed by atoms with E-state index in [1.165, 1.54) is 12.7 Å². The predicted octanol–water partition coefficient (Wildman–Crippen LogP) is 0.871. The van der Waals surface area contributed by atoms with Gasteiger partial charge in [-0.15, -0.1) is 0 Å². The van der Waals surface area contributed by atoms with Crippen molar-refractivity contribution in [1.82, 2.24) is 19.9 Å². The van der Waals surface area contributed by atoms with Crippen molar-refractivity contribution in [2.75, 3.05) is 11.5 Å². The molecule has 0 saturated heterocycles. The Labute approximate surface area is 81.2 Å². The van der Waals surface area contributed by atoms with Crippen LogP contribution in [-0.4, -0.2) is 25.7 Å². The van der Waals surface area contributed by atoms with Crippen molar-refractivity contribution in [3.8, 4) is 0 Å². The summed E-state index contributed by atoms with van der Waals surface area (Å²) in [6.45, 7) is 1.99. The van der Waals surface area contributed by atoms with Crippen molar-refractivity contribution in [3.63, 3.8) is 0 Å². The smallest absolute Gasteiger partial charge is 0.162 e. The minimum Gasteiger partial charge on any atom is -0.382 e. The van der Waals surface area contributed by atoms with Crippen molar-refractivity contribution < 1.29 is 0 Å². The summed E-state index contributed by atoms with van der Waals surface area (Å²) in [6, 6.07) is 0. The van der Waals surface area contributed by atoms with Crippen LogP contribution in [0.3, 0.4) is 0 Å². The van der Waals surface area contributed by atoms with E-state index in [1.807, 2.05) is 6.92 Å². The maximum Gasteiger partial charge on any atom is 0.162 e. The molecule has 70 valence electrons. The number of nitrogens with one attached hydrogen (secondary N) is 1. The normalized spacial score (nSPS) is 9.38. The fourth-order valence-electron chi connectivity index (χ4n) is 0.783. The third-order valence-electron chi connectivity index (χ3n) is 1.25. The quantitative estimate of drug-likeness (QED) is 0.547. The lowest BCUT2D eigenvalue weighted by atomic mass is 10.5. The van der Waals surface area contributed by atoms with E-state index in [1.54, 1.807) is 0 Å². The number of nitrogens with zero attached hydrogens (tertiary/aromatic N) is 3. The number of thiol groups is 1. The molecule has 3 N–H and O–H groups in total. The largest absolute Gasteiger partial charge is 0.382 e. The molecular formula is C7H11N5S. The number of fused-ring (bicyclic) bond motifs is 1. The van der Waals surface area contributed by atoms with Crippen LogP contribution in [-0.2, 0) is 0 Å². The van der Waals surface area contributed by atoms with Crippen LogP contribution in [0.1, 0.15) is 6.92 Å². The van der Waals surface area contributed by atoms with Gasteiger partial charge in [0.15, 0.2) is 11.5 Å². The summed E-state index contributed by atoms with van der Waals surface area (Å²) >= 11 is 3.79. The Balaban J connectivity index is 0.000000251. The molecule has 2 aromatic heterocycles. The molecule has 0 radical (unpaired) electrons. The summed E-state index contributed by atoms with van der Waals surface area (Å²) in [4.78, 5) is 14.4. The second kappa shape index (κ2) is 4.66. The summed E-state index contributed by atoms with van der Waals surface area (Å²) in [7, 11) is 0. The highest BCUT2D eigenvalue weighted by molar-refractivity contribution is 7.80. The zero-order valence-corrected chi connectivity index (χ0v) is 8.12. The number of anilines is 1. The number of hydrogen-bond donors (Lipinski definition) is 3. The van der Waals surface area contributed by atoms with Gasteiger partial charge in [0.25, 0.3) is 0 Å². The highest BCUT2D eigenvalue weighted by atomic mass is 32.1. The zero-order chi connectivity index (χ0) is 9.68. The third-order valence-corrected chi connectivity index (χ3v) is 1.25. The molecule has 0 aliphatic heterocycles. The van der Waals surface area contributed by atoms with Gasteiger partial charge < -0.3 is 10.7 Å². The molecule has 0 bridgehead atoms. The number of imidazole rings is 1. The van der Waals surface area contributed by atoms with Gasteiger partial charge in [0.1, 0.15) is 11.8 Å². The van der Waals surface area contributed by atoms with E-state index in [0.717, 1.165) is 5.75 Å². The average Bonchev–Trinajstić information content (AvgIpc) is 2.54. The summed E-state index contributed by atoms with van der Waals surface area (Å²) in [5.74, 6) is 1.35. The molecule has 0 unspecified atom stereocenters. The molecule has 5 nitrogen and oxygen atoms in total. The van der Waals surface area contributed by atoms with Gasteiger partial charge in [-0.25, -0.2) is 15.0 Å². The van der Waals surface area contributed by atoms with Crippen LogP contribution in [0.4, 0.5) is 5.82 Å². The Hall–Kier alpha value is -1.30. The van der Waals surface area contributed by atoms with Crippen molar-refractivity contribution in [2.45, 2.75) is 6.92 Å². The lowest BCUT2D eigenvalue weighted by Crippen LogP contribution is -1.91. The van der Waals surface area contributed by atoms with Gasteiger partial charge in [-0.2, -0.15) is 12.6 Å². The first-order chi connectivity index (χ1) is 6.29. The first kappa shape index (κ1) is 9.79. The summed E-state index contributed by atoms with van der Waals surface area (Å²) in [5, 5.41) is 0. The molecule has 0 spiro atoms. The van der Waals surface area contributed by atoms with Crippen LogP contribution in [0.2, 0.25) is 0 Å². The summed E-state index contributed by atoms with van der Waals surface area (Å²) < 4.78 is 0. The Morgan fingerprint density at radius 3 is 2.77 bits per heavy atom. The molecule has 2 aromatic rings. The topological polar surface area (TPSA) is 80.5 Å². The van der Waals surface area contributed by atoms with Crippen LogP contribution in [0, 0.1) is 0 Å². The monoisotopic (exact) mass is 197 g/mol. The number of nitrogens with two attached hydrogens (primary N) is 1. The van der Waals surface area contributed by atoms with Gasteiger partial charge in [0.2, 0.25) is 0 Å². The Kier molecular flexibility index (Phi) is 3.51. The molecule has 0 aliphatic carbocycles. The molecule has 6 heteroatoms. The minimum atomic E-state index is 0.409. The number of H-pyrrole nitrogens is 1. The lowest BCUT2D eigenvalue weighted by molar-refractivity contribution is 1.21. The Morgan fingerprint density at radius 1 is 1.46 bits per heavy atom. The van der Waals surface area contributed by atoms with Crippen LogP contribution in [0.15, 0.2) is 12.7 Å². The fourth-order valence-corrected chi connectivity index (χ4v) is 0.783. The van der Waals surface area contributed by atoms with Crippen molar-refractivity contribution in [1.29, 1.82) is 0 Å².